The molecule has 0 aromatic heterocycles. The van der Waals surface area contributed by atoms with Crippen molar-refractivity contribution >= 4 is 6.29 Å². The fourth-order valence-corrected chi connectivity index (χ4v) is 0.706. The van der Waals surface area contributed by atoms with Crippen molar-refractivity contribution < 1.29 is 13.9 Å². The number of hydrogen-bond acceptors (Lipinski definition) is 2. The lowest BCUT2D eigenvalue weighted by molar-refractivity contribution is -0.106. The molecular formula is C9H7FO2. The van der Waals surface area contributed by atoms with Crippen LogP contribution in [-0.4, -0.2) is 6.29 Å². The van der Waals surface area contributed by atoms with Gasteiger partial charge in [-0.2, -0.15) is 0 Å². The van der Waals surface area contributed by atoms with Crippen LogP contribution in [0, 0.1) is 5.82 Å². The second-order valence-corrected chi connectivity index (χ2v) is 2.14. The second kappa shape index (κ2) is 3.67. The summed E-state index contributed by atoms with van der Waals surface area (Å²) in [5.41, 5.74) is 0. The van der Waals surface area contributed by atoms with Gasteiger partial charge in [0.1, 0.15) is 11.6 Å². The topological polar surface area (TPSA) is 26.3 Å². The quantitative estimate of drug-likeness (QED) is 0.389. The van der Waals surface area contributed by atoms with E-state index in [1.54, 1.807) is 0 Å². The third-order valence-corrected chi connectivity index (χ3v) is 1.18. The number of carbonyl (C=O) groups is 1. The predicted molar refractivity (Wildman–Crippen MR) is 42.2 cm³/mol. The minimum absolute atomic E-state index is 0.0411. The van der Waals surface area contributed by atoms with E-state index >= 15 is 0 Å². The number of carbonyl (C=O) groups excluding carboxylic acids is 1. The number of halogens is 1. The lowest BCUT2D eigenvalue weighted by atomic mass is 10.3. The third kappa shape index (κ3) is 2.20. The molecule has 3 heteroatoms. The van der Waals surface area contributed by atoms with Crippen LogP contribution in [0.1, 0.15) is 0 Å². The molecular weight excluding hydrogens is 159 g/mol. The monoisotopic (exact) mass is 166 g/mol. The van der Waals surface area contributed by atoms with Gasteiger partial charge in [-0.25, -0.2) is 4.39 Å². The van der Waals surface area contributed by atoms with Gasteiger partial charge in [-0.3, -0.25) is 4.79 Å². The molecule has 0 bridgehead atoms. The Balaban J connectivity index is 2.76. The molecule has 0 atom stereocenters. The minimum atomic E-state index is -0.411. The highest BCUT2D eigenvalue weighted by molar-refractivity contribution is 5.69. The molecule has 0 N–H and O–H groups in total. The van der Waals surface area contributed by atoms with Crippen LogP contribution in [0.2, 0.25) is 0 Å². The largest absolute Gasteiger partial charge is 0.454 e. The van der Waals surface area contributed by atoms with Crippen LogP contribution in [0.25, 0.3) is 0 Å². The molecule has 62 valence electrons. The van der Waals surface area contributed by atoms with Crippen molar-refractivity contribution in [2.75, 3.05) is 0 Å². The summed E-state index contributed by atoms with van der Waals surface area (Å²) in [5, 5.41) is 0. The van der Waals surface area contributed by atoms with Crippen molar-refractivity contribution in [2.45, 2.75) is 0 Å². The Kier molecular flexibility index (Phi) is 2.58. The molecule has 0 fully saturated rings. The van der Waals surface area contributed by atoms with Crippen LogP contribution in [0.15, 0.2) is 36.6 Å². The zero-order valence-corrected chi connectivity index (χ0v) is 6.29. The number of aldehydes is 1. The van der Waals surface area contributed by atoms with E-state index in [0.29, 0.717) is 6.29 Å². The molecule has 0 radical (unpaired) electrons. The maximum atomic E-state index is 12.5. The minimum Gasteiger partial charge on any atom is -0.454 e. The number of benzene rings is 1. The first-order valence-corrected chi connectivity index (χ1v) is 3.30. The summed E-state index contributed by atoms with van der Waals surface area (Å²) in [6.45, 7) is 3.29. The van der Waals surface area contributed by atoms with E-state index in [9.17, 15) is 9.18 Å². The molecule has 0 aliphatic rings. The van der Waals surface area contributed by atoms with E-state index in [4.69, 9.17) is 4.74 Å². The number of hydrogen-bond donors (Lipinski definition) is 0. The van der Waals surface area contributed by atoms with Gasteiger partial charge in [0, 0.05) is 6.07 Å². The van der Waals surface area contributed by atoms with E-state index in [1.807, 2.05) is 0 Å². The van der Waals surface area contributed by atoms with Gasteiger partial charge in [-0.05, 0) is 12.1 Å². The van der Waals surface area contributed by atoms with Crippen molar-refractivity contribution in [1.82, 2.24) is 0 Å². The molecule has 1 rings (SSSR count). The zero-order valence-electron chi connectivity index (χ0n) is 6.29. The van der Waals surface area contributed by atoms with Gasteiger partial charge in [-0.15, -0.1) is 0 Å². The molecule has 0 unspecified atom stereocenters. The smallest absolute Gasteiger partial charge is 0.184 e. The van der Waals surface area contributed by atoms with E-state index in [1.165, 1.54) is 24.3 Å². The molecule has 0 saturated heterocycles. The van der Waals surface area contributed by atoms with Gasteiger partial charge >= 0.3 is 0 Å². The summed E-state index contributed by atoms with van der Waals surface area (Å²) in [6, 6.07) is 5.49. The first kappa shape index (κ1) is 8.46. The SMILES string of the molecule is C=C(C=O)Oc1cccc(F)c1. The Morgan fingerprint density at radius 2 is 2.33 bits per heavy atom. The normalized spacial score (nSPS) is 9.08. The Bertz CT molecular complexity index is 307. The van der Waals surface area contributed by atoms with Crippen LogP contribution >= 0.6 is 0 Å². The van der Waals surface area contributed by atoms with Crippen LogP contribution in [-0.2, 0) is 4.79 Å². The van der Waals surface area contributed by atoms with Crippen LogP contribution in [0.3, 0.4) is 0 Å². The Morgan fingerprint density at radius 1 is 1.58 bits per heavy atom. The van der Waals surface area contributed by atoms with Gasteiger partial charge in [0.2, 0.25) is 0 Å². The van der Waals surface area contributed by atoms with E-state index in [2.05, 4.69) is 6.58 Å². The summed E-state index contributed by atoms with van der Waals surface area (Å²) in [7, 11) is 0. The molecule has 12 heavy (non-hydrogen) atoms. The Morgan fingerprint density at radius 3 is 2.92 bits per heavy atom. The van der Waals surface area contributed by atoms with Crippen molar-refractivity contribution in [3.63, 3.8) is 0 Å². The molecule has 0 aliphatic carbocycles. The van der Waals surface area contributed by atoms with Gasteiger partial charge in [-0.1, -0.05) is 12.6 Å². The maximum absolute atomic E-state index is 12.5. The summed E-state index contributed by atoms with van der Waals surface area (Å²) >= 11 is 0. The summed E-state index contributed by atoms with van der Waals surface area (Å²) in [4.78, 5) is 10.1. The van der Waals surface area contributed by atoms with Crippen LogP contribution < -0.4 is 4.74 Å². The second-order valence-electron chi connectivity index (χ2n) is 2.14. The van der Waals surface area contributed by atoms with Gasteiger partial charge in [0.15, 0.2) is 12.0 Å². The fourth-order valence-electron chi connectivity index (χ4n) is 0.706. The molecule has 1 aromatic carbocycles. The average molecular weight is 166 g/mol. The van der Waals surface area contributed by atoms with Gasteiger partial charge in [0.05, 0.1) is 0 Å². The highest BCUT2D eigenvalue weighted by atomic mass is 19.1. The lowest BCUT2D eigenvalue weighted by Crippen LogP contribution is -1.94. The molecule has 2 nitrogen and oxygen atoms in total. The molecule has 1 aromatic rings. The van der Waals surface area contributed by atoms with E-state index in [-0.39, 0.29) is 11.5 Å². The lowest BCUT2D eigenvalue weighted by Gasteiger charge is -2.01. The van der Waals surface area contributed by atoms with Crippen molar-refractivity contribution in [2.24, 2.45) is 0 Å². The third-order valence-electron chi connectivity index (χ3n) is 1.18. The summed E-state index contributed by atoms with van der Waals surface area (Å²) < 4.78 is 17.4. The predicted octanol–water partition coefficient (Wildman–Crippen LogP) is 1.92. The van der Waals surface area contributed by atoms with E-state index < -0.39 is 5.82 Å². The molecule has 0 spiro atoms. The highest BCUT2D eigenvalue weighted by Gasteiger charge is 1.97. The van der Waals surface area contributed by atoms with Crippen molar-refractivity contribution in [3.05, 3.63) is 42.4 Å². The number of rotatable bonds is 3. The Labute approximate surface area is 69.3 Å². The van der Waals surface area contributed by atoms with Gasteiger partial charge in [0.25, 0.3) is 0 Å². The standard InChI is InChI=1S/C9H7FO2/c1-7(6-11)12-9-4-2-3-8(10)5-9/h2-6H,1H2. The highest BCUT2D eigenvalue weighted by Crippen LogP contribution is 2.13. The van der Waals surface area contributed by atoms with Crippen LogP contribution in [0.4, 0.5) is 4.39 Å². The van der Waals surface area contributed by atoms with Crippen molar-refractivity contribution in [3.8, 4) is 5.75 Å². The summed E-state index contributed by atoms with van der Waals surface area (Å²) in [6.07, 6.45) is 0.463. The van der Waals surface area contributed by atoms with Gasteiger partial charge < -0.3 is 4.74 Å². The fraction of sp³-hybridized carbons (Fsp3) is 0. The Hall–Kier alpha value is -1.64. The average Bonchev–Trinajstić information content (AvgIpc) is 2.04. The summed E-state index contributed by atoms with van der Waals surface area (Å²) in [5.74, 6) is -0.182. The molecule has 0 saturated carbocycles. The van der Waals surface area contributed by atoms with Crippen molar-refractivity contribution in [1.29, 1.82) is 0 Å². The first-order valence-electron chi connectivity index (χ1n) is 3.30. The number of ether oxygens (including phenoxy) is 1. The molecule has 0 heterocycles. The number of allylic oxidation sites excluding steroid dienone is 1. The maximum Gasteiger partial charge on any atom is 0.184 e. The zero-order chi connectivity index (χ0) is 8.97. The molecule has 0 amide bonds. The van der Waals surface area contributed by atoms with Crippen LogP contribution in [0.5, 0.6) is 5.75 Å². The molecule has 0 aliphatic heterocycles. The first-order chi connectivity index (χ1) is 5.72. The van der Waals surface area contributed by atoms with E-state index in [0.717, 1.165) is 0 Å².